The van der Waals surface area contributed by atoms with Crippen LogP contribution in [0.1, 0.15) is 24.3 Å². The van der Waals surface area contributed by atoms with E-state index in [2.05, 4.69) is 32.3 Å². The number of isothiocyanates is 1. The van der Waals surface area contributed by atoms with Crippen molar-refractivity contribution in [3.8, 4) is 11.3 Å². The van der Waals surface area contributed by atoms with Gasteiger partial charge in [0.05, 0.1) is 11.4 Å². The highest BCUT2D eigenvalue weighted by Crippen LogP contribution is 2.40. The first-order chi connectivity index (χ1) is 9.28. The maximum absolute atomic E-state index is 13.8. The van der Waals surface area contributed by atoms with Crippen LogP contribution in [0.5, 0.6) is 0 Å². The normalized spacial score (nSPS) is 13.9. The molecule has 1 aromatic heterocycles. The molecule has 94 valence electrons. The molecule has 3 nitrogen and oxygen atoms in total. The Labute approximate surface area is 115 Å². The molecule has 3 rings (SSSR count). The molecule has 0 amide bonds. The van der Waals surface area contributed by atoms with Gasteiger partial charge in [-0.25, -0.2) is 4.98 Å². The fraction of sp³-hybridized carbons (Fsp3) is 0.214. The van der Waals surface area contributed by atoms with Crippen molar-refractivity contribution >= 4 is 23.2 Å². The minimum atomic E-state index is -0.648. The zero-order valence-corrected chi connectivity index (χ0v) is 10.8. The predicted octanol–water partition coefficient (Wildman–Crippen LogP) is 3.89. The van der Waals surface area contributed by atoms with E-state index in [0.29, 0.717) is 11.5 Å². The van der Waals surface area contributed by atoms with Gasteiger partial charge in [-0.1, -0.05) is 24.3 Å². The standard InChI is InChI=1S/C14H10FN3S/c15-14-13(16-7-12(18-14)17-8-19)11-5-3-10(4-6-11)9-1-2-9/h3-7,9H,1-2H2. The molecule has 1 fully saturated rings. The Morgan fingerprint density at radius 1 is 1.26 bits per heavy atom. The van der Waals surface area contributed by atoms with E-state index < -0.39 is 5.95 Å². The van der Waals surface area contributed by atoms with Crippen molar-refractivity contribution in [2.24, 2.45) is 4.99 Å². The molecule has 1 aliphatic carbocycles. The summed E-state index contributed by atoms with van der Waals surface area (Å²) < 4.78 is 13.8. The van der Waals surface area contributed by atoms with Gasteiger partial charge >= 0.3 is 0 Å². The quantitative estimate of drug-likeness (QED) is 0.627. The van der Waals surface area contributed by atoms with Crippen molar-refractivity contribution in [1.82, 2.24) is 9.97 Å². The maximum Gasteiger partial charge on any atom is 0.241 e. The monoisotopic (exact) mass is 271 g/mol. The van der Waals surface area contributed by atoms with Crippen LogP contribution in [0.2, 0.25) is 0 Å². The van der Waals surface area contributed by atoms with E-state index in [1.54, 1.807) is 0 Å². The van der Waals surface area contributed by atoms with E-state index >= 15 is 0 Å². The fourth-order valence-corrected chi connectivity index (χ4v) is 2.08. The summed E-state index contributed by atoms with van der Waals surface area (Å²) in [4.78, 5) is 11.3. The smallest absolute Gasteiger partial charge is 0.241 e. The number of nitrogens with zero attached hydrogens (tertiary/aromatic N) is 3. The van der Waals surface area contributed by atoms with Crippen molar-refractivity contribution in [3.05, 3.63) is 42.0 Å². The number of hydrogen-bond acceptors (Lipinski definition) is 4. The van der Waals surface area contributed by atoms with Crippen LogP contribution in [0, 0.1) is 5.95 Å². The highest BCUT2D eigenvalue weighted by molar-refractivity contribution is 7.78. The minimum Gasteiger partial charge on any atom is -0.247 e. The van der Waals surface area contributed by atoms with Gasteiger partial charge in [-0.3, -0.25) is 0 Å². The summed E-state index contributed by atoms with van der Waals surface area (Å²) in [5.41, 5.74) is 2.25. The van der Waals surface area contributed by atoms with Gasteiger partial charge < -0.3 is 0 Å². The summed E-state index contributed by atoms with van der Waals surface area (Å²) in [5, 5.41) is 2.14. The van der Waals surface area contributed by atoms with E-state index in [-0.39, 0.29) is 11.5 Å². The average molecular weight is 271 g/mol. The predicted molar refractivity (Wildman–Crippen MR) is 74.1 cm³/mol. The summed E-state index contributed by atoms with van der Waals surface area (Å²) in [6.07, 6.45) is 3.88. The number of aromatic nitrogens is 2. The second-order valence-electron chi connectivity index (χ2n) is 4.47. The molecule has 0 bridgehead atoms. The van der Waals surface area contributed by atoms with Gasteiger partial charge in [-0.15, -0.1) is 0 Å². The summed E-state index contributed by atoms with van der Waals surface area (Å²) >= 11 is 4.44. The molecule has 1 aromatic carbocycles. The van der Waals surface area contributed by atoms with Crippen LogP contribution in [0.3, 0.4) is 0 Å². The Hall–Kier alpha value is -1.97. The van der Waals surface area contributed by atoms with Gasteiger partial charge in [0.2, 0.25) is 5.95 Å². The Balaban J connectivity index is 1.94. The van der Waals surface area contributed by atoms with Gasteiger partial charge in [0.25, 0.3) is 0 Å². The van der Waals surface area contributed by atoms with E-state index in [1.807, 2.05) is 24.3 Å². The Bertz CT molecular complexity index is 659. The maximum atomic E-state index is 13.8. The summed E-state index contributed by atoms with van der Waals surface area (Å²) in [6, 6.07) is 7.81. The number of aliphatic imine (C=N–C) groups is 1. The van der Waals surface area contributed by atoms with Crippen LogP contribution in [-0.4, -0.2) is 15.1 Å². The Kier molecular flexibility index (Phi) is 3.15. The van der Waals surface area contributed by atoms with E-state index in [0.717, 1.165) is 0 Å². The molecule has 1 heterocycles. The molecule has 0 aliphatic heterocycles. The molecule has 2 aromatic rings. The second-order valence-corrected chi connectivity index (χ2v) is 4.65. The molecule has 5 heteroatoms. The first kappa shape index (κ1) is 12.1. The van der Waals surface area contributed by atoms with Crippen LogP contribution in [0.25, 0.3) is 11.3 Å². The van der Waals surface area contributed by atoms with E-state index in [9.17, 15) is 4.39 Å². The van der Waals surface area contributed by atoms with Gasteiger partial charge in [0.1, 0.15) is 5.69 Å². The Morgan fingerprint density at radius 3 is 2.58 bits per heavy atom. The van der Waals surface area contributed by atoms with Crippen LogP contribution in [0.15, 0.2) is 35.5 Å². The third-order valence-electron chi connectivity index (χ3n) is 3.11. The lowest BCUT2D eigenvalue weighted by Gasteiger charge is -2.04. The lowest BCUT2D eigenvalue weighted by Crippen LogP contribution is -1.93. The highest BCUT2D eigenvalue weighted by atomic mass is 32.1. The molecule has 0 atom stereocenters. The first-order valence-corrected chi connectivity index (χ1v) is 6.39. The number of hydrogen-bond donors (Lipinski definition) is 0. The van der Waals surface area contributed by atoms with Crippen LogP contribution in [0.4, 0.5) is 10.2 Å². The number of thiocarbonyl (C=S) groups is 1. The number of benzene rings is 1. The SMILES string of the molecule is Fc1nc(N=C=S)cnc1-c1ccc(C2CC2)cc1. The molecular formula is C14H10FN3S. The molecule has 19 heavy (non-hydrogen) atoms. The summed E-state index contributed by atoms with van der Waals surface area (Å²) in [7, 11) is 0. The van der Waals surface area contributed by atoms with E-state index in [4.69, 9.17) is 0 Å². The minimum absolute atomic E-state index is 0.130. The number of rotatable bonds is 3. The van der Waals surface area contributed by atoms with Crippen molar-refractivity contribution in [1.29, 1.82) is 0 Å². The van der Waals surface area contributed by atoms with Crippen molar-refractivity contribution in [2.75, 3.05) is 0 Å². The Morgan fingerprint density at radius 2 is 2.00 bits per heavy atom. The summed E-state index contributed by atoms with van der Waals surface area (Å²) in [5.74, 6) is 0.167. The van der Waals surface area contributed by atoms with Crippen molar-refractivity contribution in [3.63, 3.8) is 0 Å². The molecule has 0 saturated heterocycles. The molecule has 0 radical (unpaired) electrons. The lowest BCUT2D eigenvalue weighted by molar-refractivity contribution is 0.582. The molecule has 0 spiro atoms. The molecular weight excluding hydrogens is 261 g/mol. The van der Waals surface area contributed by atoms with Gasteiger partial charge in [-0.2, -0.15) is 14.4 Å². The second kappa shape index (κ2) is 4.96. The third-order valence-corrected chi connectivity index (χ3v) is 3.20. The van der Waals surface area contributed by atoms with Crippen LogP contribution >= 0.6 is 12.2 Å². The molecule has 1 saturated carbocycles. The molecule has 1 aliphatic rings. The van der Waals surface area contributed by atoms with E-state index in [1.165, 1.54) is 24.6 Å². The van der Waals surface area contributed by atoms with Gasteiger partial charge in [-0.05, 0) is 36.5 Å². The fourth-order valence-electron chi connectivity index (χ4n) is 1.98. The van der Waals surface area contributed by atoms with Gasteiger partial charge in [0, 0.05) is 5.56 Å². The lowest BCUT2D eigenvalue weighted by atomic mass is 10.1. The first-order valence-electron chi connectivity index (χ1n) is 5.98. The third kappa shape index (κ3) is 2.57. The topological polar surface area (TPSA) is 38.1 Å². The molecule has 0 unspecified atom stereocenters. The van der Waals surface area contributed by atoms with Gasteiger partial charge in [0.15, 0.2) is 5.82 Å². The number of halogens is 1. The van der Waals surface area contributed by atoms with Crippen molar-refractivity contribution < 1.29 is 4.39 Å². The van der Waals surface area contributed by atoms with Crippen LogP contribution < -0.4 is 0 Å². The van der Waals surface area contributed by atoms with Crippen LogP contribution in [-0.2, 0) is 0 Å². The largest absolute Gasteiger partial charge is 0.247 e. The highest BCUT2D eigenvalue weighted by Gasteiger charge is 2.23. The average Bonchev–Trinajstić information content (AvgIpc) is 3.24. The van der Waals surface area contributed by atoms with Crippen molar-refractivity contribution in [2.45, 2.75) is 18.8 Å². The summed E-state index contributed by atoms with van der Waals surface area (Å²) in [6.45, 7) is 0. The molecule has 0 N–H and O–H groups in total. The zero-order chi connectivity index (χ0) is 13.2. The zero-order valence-electron chi connectivity index (χ0n) is 10.0.